The lowest BCUT2D eigenvalue weighted by Gasteiger charge is -2.31. The first-order chi connectivity index (χ1) is 15.2. The number of piperidine rings is 1. The number of fused-ring (bicyclic) bond motifs is 1. The number of ketones is 1. The molecule has 8 heteroatoms. The molecule has 31 heavy (non-hydrogen) atoms. The fraction of sp³-hybridized carbons (Fsp3) is 0.304. The van der Waals surface area contributed by atoms with Crippen molar-refractivity contribution >= 4 is 28.9 Å². The molecule has 0 radical (unpaired) electrons. The maximum Gasteiger partial charge on any atom is 0.245 e. The third kappa shape index (κ3) is 4.14. The van der Waals surface area contributed by atoms with Crippen LogP contribution < -0.4 is 10.2 Å². The van der Waals surface area contributed by atoms with Crippen molar-refractivity contribution in [3.63, 3.8) is 0 Å². The number of nitrogens with zero attached hydrogens (tertiary/aromatic N) is 6. The minimum Gasteiger partial charge on any atom is -0.339 e. The number of hydrogen-bond acceptors (Lipinski definition) is 6. The van der Waals surface area contributed by atoms with Crippen LogP contribution in [0.4, 0.5) is 17.6 Å². The van der Waals surface area contributed by atoms with E-state index in [1.54, 1.807) is 6.33 Å². The number of imidazole rings is 1. The van der Waals surface area contributed by atoms with E-state index in [4.69, 9.17) is 4.98 Å². The van der Waals surface area contributed by atoms with E-state index in [0.29, 0.717) is 18.2 Å². The smallest absolute Gasteiger partial charge is 0.245 e. The van der Waals surface area contributed by atoms with Gasteiger partial charge in [-0.3, -0.25) is 4.79 Å². The second-order valence-electron chi connectivity index (χ2n) is 8.04. The van der Waals surface area contributed by atoms with Crippen LogP contribution >= 0.6 is 0 Å². The number of hydrogen-bond donors (Lipinski definition) is 1. The Kier molecular flexibility index (Phi) is 5.11. The quantitative estimate of drug-likeness (QED) is 0.521. The summed E-state index contributed by atoms with van der Waals surface area (Å²) in [6.45, 7) is 1.53. The second-order valence-corrected chi connectivity index (χ2v) is 8.04. The Morgan fingerprint density at radius 3 is 2.68 bits per heavy atom. The van der Waals surface area contributed by atoms with Crippen molar-refractivity contribution in [2.75, 3.05) is 23.3 Å². The normalized spacial score (nSPS) is 14.8. The van der Waals surface area contributed by atoms with Crippen LogP contribution in [0.1, 0.15) is 18.4 Å². The Morgan fingerprint density at radius 2 is 1.94 bits per heavy atom. The Labute approximate surface area is 180 Å². The number of carbonyl (C=O) groups excluding carboxylic acids is 1. The zero-order valence-corrected chi connectivity index (χ0v) is 17.5. The first kappa shape index (κ1) is 19.3. The molecule has 4 aromatic rings. The minimum absolute atomic E-state index is 0.0953. The molecule has 5 rings (SSSR count). The van der Waals surface area contributed by atoms with Gasteiger partial charge in [-0.05, 0) is 30.5 Å². The molecule has 0 bridgehead atoms. The summed E-state index contributed by atoms with van der Waals surface area (Å²) < 4.78 is 3.72. The number of carbonyl (C=O) groups is 1. The minimum atomic E-state index is 0.0953. The van der Waals surface area contributed by atoms with Crippen molar-refractivity contribution in [3.8, 4) is 0 Å². The van der Waals surface area contributed by atoms with Gasteiger partial charge >= 0.3 is 0 Å². The summed E-state index contributed by atoms with van der Waals surface area (Å²) in [5.41, 5.74) is 1.98. The van der Waals surface area contributed by atoms with Gasteiger partial charge in [0.2, 0.25) is 5.95 Å². The Balaban J connectivity index is 1.30. The molecule has 1 N–H and O–H groups in total. The van der Waals surface area contributed by atoms with Gasteiger partial charge in [-0.25, -0.2) is 9.50 Å². The molecule has 3 aromatic heterocycles. The molecule has 4 heterocycles. The lowest BCUT2D eigenvalue weighted by molar-refractivity contribution is -0.122. The maximum atomic E-state index is 12.7. The first-order valence-electron chi connectivity index (χ1n) is 10.6. The number of rotatable bonds is 6. The van der Waals surface area contributed by atoms with Gasteiger partial charge in [0.15, 0.2) is 5.82 Å². The molecule has 158 valence electrons. The van der Waals surface area contributed by atoms with Gasteiger partial charge in [0.05, 0.1) is 6.33 Å². The summed E-state index contributed by atoms with van der Waals surface area (Å²) in [6.07, 6.45) is 7.72. The van der Waals surface area contributed by atoms with E-state index < -0.39 is 0 Å². The van der Waals surface area contributed by atoms with Gasteiger partial charge in [-0.15, -0.1) is 5.10 Å². The van der Waals surface area contributed by atoms with Crippen molar-refractivity contribution < 1.29 is 4.79 Å². The van der Waals surface area contributed by atoms with Crippen LogP contribution in [0.5, 0.6) is 0 Å². The van der Waals surface area contributed by atoms with E-state index in [2.05, 4.69) is 20.3 Å². The summed E-state index contributed by atoms with van der Waals surface area (Å²) in [5, 5.41) is 7.99. The van der Waals surface area contributed by atoms with E-state index in [9.17, 15) is 4.79 Å². The summed E-state index contributed by atoms with van der Waals surface area (Å²) in [4.78, 5) is 24.0. The van der Waals surface area contributed by atoms with Crippen LogP contribution in [0.2, 0.25) is 0 Å². The van der Waals surface area contributed by atoms with E-state index in [-0.39, 0.29) is 5.92 Å². The van der Waals surface area contributed by atoms with E-state index in [1.165, 1.54) is 0 Å². The zero-order valence-electron chi connectivity index (χ0n) is 17.5. The van der Waals surface area contributed by atoms with Crippen molar-refractivity contribution in [2.45, 2.75) is 19.3 Å². The molecule has 1 aliphatic rings. The molecule has 1 aliphatic heterocycles. The topological polar surface area (TPSA) is 80.3 Å². The molecule has 0 amide bonds. The third-order valence-corrected chi connectivity index (χ3v) is 5.79. The molecule has 0 saturated carbocycles. The van der Waals surface area contributed by atoms with Gasteiger partial charge in [-0.1, -0.05) is 30.3 Å². The van der Waals surface area contributed by atoms with Crippen LogP contribution in [-0.4, -0.2) is 43.0 Å². The van der Waals surface area contributed by atoms with Gasteiger partial charge in [0.25, 0.3) is 0 Å². The van der Waals surface area contributed by atoms with E-state index >= 15 is 0 Å². The maximum absolute atomic E-state index is 12.7. The average molecular weight is 416 g/mol. The third-order valence-electron chi connectivity index (χ3n) is 5.79. The highest BCUT2D eigenvalue weighted by Gasteiger charge is 2.26. The first-order valence-corrected chi connectivity index (χ1v) is 10.6. The largest absolute Gasteiger partial charge is 0.339 e. The summed E-state index contributed by atoms with van der Waals surface area (Å²) in [5.74, 6) is 2.54. The Morgan fingerprint density at radius 1 is 1.13 bits per heavy atom. The standard InChI is InChI=1S/C23H25N7O/c1-28-15-21(24-16-28)25-22-19-8-5-11-30(19)27-23(26-22)29-12-9-18(10-13-29)20(31)14-17-6-3-2-4-7-17/h2-8,11,15-16,18H,9-10,12-14H2,1H3,(H,25,26,27). The van der Waals surface area contributed by atoms with Crippen LogP contribution in [0, 0.1) is 5.92 Å². The molecule has 1 saturated heterocycles. The van der Waals surface area contributed by atoms with Crippen molar-refractivity contribution in [2.24, 2.45) is 13.0 Å². The van der Waals surface area contributed by atoms with Crippen molar-refractivity contribution in [1.29, 1.82) is 0 Å². The summed E-state index contributed by atoms with van der Waals surface area (Å²) in [6, 6.07) is 13.9. The predicted octanol–water partition coefficient (Wildman–Crippen LogP) is 3.23. The van der Waals surface area contributed by atoms with Gasteiger partial charge in [0, 0.05) is 44.9 Å². The van der Waals surface area contributed by atoms with E-state index in [1.807, 2.05) is 71.0 Å². The van der Waals surface area contributed by atoms with Crippen LogP contribution in [-0.2, 0) is 18.3 Å². The summed E-state index contributed by atoms with van der Waals surface area (Å²) >= 11 is 0. The lowest BCUT2D eigenvalue weighted by atomic mass is 9.89. The molecule has 0 spiro atoms. The highest BCUT2D eigenvalue weighted by molar-refractivity contribution is 5.83. The number of anilines is 3. The predicted molar refractivity (Wildman–Crippen MR) is 120 cm³/mol. The number of aryl methyl sites for hydroxylation is 1. The van der Waals surface area contributed by atoms with Crippen LogP contribution in [0.25, 0.3) is 5.52 Å². The van der Waals surface area contributed by atoms with Crippen LogP contribution in [0.15, 0.2) is 61.2 Å². The fourth-order valence-corrected chi connectivity index (χ4v) is 4.09. The molecular formula is C23H25N7O. The Bertz CT molecular complexity index is 1190. The molecule has 1 aromatic carbocycles. The molecule has 8 nitrogen and oxygen atoms in total. The number of aromatic nitrogens is 5. The molecule has 0 unspecified atom stereocenters. The number of nitrogens with one attached hydrogen (secondary N) is 1. The van der Waals surface area contributed by atoms with Crippen molar-refractivity contribution in [1.82, 2.24) is 24.1 Å². The number of Topliss-reactive ketones (excluding diaryl/α,β-unsaturated/α-hetero) is 1. The fourth-order valence-electron chi connectivity index (χ4n) is 4.09. The van der Waals surface area contributed by atoms with Crippen molar-refractivity contribution in [3.05, 3.63) is 66.7 Å². The number of benzene rings is 1. The Hall–Kier alpha value is -3.68. The van der Waals surface area contributed by atoms with Gasteiger partial charge in [0.1, 0.15) is 17.1 Å². The molecular weight excluding hydrogens is 390 g/mol. The monoisotopic (exact) mass is 415 g/mol. The molecule has 1 fully saturated rings. The SMILES string of the molecule is Cn1cnc(Nc2nc(N3CCC(C(=O)Cc4ccccc4)CC3)nn3cccc23)c1. The van der Waals surface area contributed by atoms with Gasteiger partial charge < -0.3 is 14.8 Å². The van der Waals surface area contributed by atoms with E-state index in [0.717, 1.165) is 48.6 Å². The van der Waals surface area contributed by atoms with Crippen LogP contribution in [0.3, 0.4) is 0 Å². The lowest BCUT2D eigenvalue weighted by Crippen LogP contribution is -2.38. The molecule has 0 aliphatic carbocycles. The van der Waals surface area contributed by atoms with Gasteiger partial charge in [-0.2, -0.15) is 4.98 Å². The highest BCUT2D eigenvalue weighted by Crippen LogP contribution is 2.26. The summed E-state index contributed by atoms with van der Waals surface area (Å²) in [7, 11) is 1.93. The zero-order chi connectivity index (χ0) is 21.2. The second kappa shape index (κ2) is 8.22. The molecule has 0 atom stereocenters. The highest BCUT2D eigenvalue weighted by atomic mass is 16.1. The average Bonchev–Trinajstić information content (AvgIpc) is 3.43.